The second-order valence-corrected chi connectivity index (χ2v) is 5.80. The summed E-state index contributed by atoms with van der Waals surface area (Å²) in [5, 5.41) is 18.9. The molecule has 0 aromatic carbocycles. The van der Waals surface area contributed by atoms with Crippen LogP contribution in [0.1, 0.15) is 71.6 Å². The average Bonchev–Trinajstić information content (AvgIpc) is 2.42. The largest absolute Gasteiger partial charge is 0.478 e. The number of carboxylic acids is 2. The molecule has 0 aromatic rings. The van der Waals surface area contributed by atoms with Crippen LogP contribution in [0.15, 0.2) is 11.1 Å². The standard InChI is InChI=1S/C16H26O4/c1-3-5-9-16(10-6-4-2)11-7-8-12(14(17)18)13(16)15(19)20/h3-11H2,1-2H3,(H,17,18)(H,19,20). The van der Waals surface area contributed by atoms with Gasteiger partial charge in [-0.15, -0.1) is 0 Å². The van der Waals surface area contributed by atoms with Crippen molar-refractivity contribution in [3.8, 4) is 0 Å². The molecule has 0 bridgehead atoms. The molecule has 0 aliphatic heterocycles. The molecule has 0 fully saturated rings. The van der Waals surface area contributed by atoms with Crippen molar-refractivity contribution >= 4 is 11.9 Å². The highest BCUT2D eigenvalue weighted by Crippen LogP contribution is 2.48. The van der Waals surface area contributed by atoms with Crippen LogP contribution in [0.5, 0.6) is 0 Å². The number of rotatable bonds is 8. The van der Waals surface area contributed by atoms with Gasteiger partial charge in [-0.2, -0.15) is 0 Å². The number of unbranched alkanes of at least 4 members (excludes halogenated alkanes) is 2. The van der Waals surface area contributed by atoms with E-state index >= 15 is 0 Å². The van der Waals surface area contributed by atoms with E-state index in [0.29, 0.717) is 6.42 Å². The van der Waals surface area contributed by atoms with Crippen LogP contribution in [0.3, 0.4) is 0 Å². The molecular weight excluding hydrogens is 256 g/mol. The molecule has 0 radical (unpaired) electrons. The Bertz CT molecular complexity index is 387. The van der Waals surface area contributed by atoms with E-state index in [4.69, 9.17) is 0 Å². The number of carboxylic acid groups (broad SMARTS) is 2. The Kier molecular flexibility index (Phi) is 6.24. The Hall–Kier alpha value is -1.32. The fourth-order valence-corrected chi connectivity index (χ4v) is 3.40. The smallest absolute Gasteiger partial charge is 0.332 e. The van der Waals surface area contributed by atoms with E-state index in [1.807, 2.05) is 0 Å². The summed E-state index contributed by atoms with van der Waals surface area (Å²) in [6, 6.07) is 0. The van der Waals surface area contributed by atoms with Gasteiger partial charge in [0.2, 0.25) is 0 Å². The third-order valence-corrected chi connectivity index (χ3v) is 4.40. The first-order valence-corrected chi connectivity index (χ1v) is 7.68. The summed E-state index contributed by atoms with van der Waals surface area (Å²) in [6.07, 6.45) is 7.48. The number of hydrogen-bond donors (Lipinski definition) is 2. The molecule has 114 valence electrons. The summed E-state index contributed by atoms with van der Waals surface area (Å²) < 4.78 is 0. The zero-order valence-electron chi connectivity index (χ0n) is 12.6. The Balaban J connectivity index is 3.25. The van der Waals surface area contributed by atoms with Gasteiger partial charge in [0.05, 0.1) is 5.57 Å². The van der Waals surface area contributed by atoms with Crippen molar-refractivity contribution in [1.29, 1.82) is 0 Å². The van der Waals surface area contributed by atoms with Crippen molar-refractivity contribution in [2.24, 2.45) is 5.41 Å². The van der Waals surface area contributed by atoms with Crippen molar-refractivity contribution in [2.45, 2.75) is 71.6 Å². The molecule has 2 N–H and O–H groups in total. The van der Waals surface area contributed by atoms with Gasteiger partial charge in [-0.1, -0.05) is 39.5 Å². The van der Waals surface area contributed by atoms with Crippen LogP contribution in [0.25, 0.3) is 0 Å². The lowest BCUT2D eigenvalue weighted by molar-refractivity contribution is -0.137. The maximum absolute atomic E-state index is 11.7. The Labute approximate surface area is 120 Å². The molecule has 1 rings (SSSR count). The second-order valence-electron chi connectivity index (χ2n) is 5.80. The minimum Gasteiger partial charge on any atom is -0.478 e. The van der Waals surface area contributed by atoms with E-state index in [9.17, 15) is 19.8 Å². The van der Waals surface area contributed by atoms with Crippen molar-refractivity contribution in [2.75, 3.05) is 0 Å². The number of carbonyl (C=O) groups is 2. The summed E-state index contributed by atoms with van der Waals surface area (Å²) in [7, 11) is 0. The van der Waals surface area contributed by atoms with Crippen molar-refractivity contribution < 1.29 is 19.8 Å². The third-order valence-electron chi connectivity index (χ3n) is 4.40. The van der Waals surface area contributed by atoms with E-state index in [1.165, 1.54) is 0 Å². The highest BCUT2D eigenvalue weighted by molar-refractivity contribution is 6.00. The molecule has 4 nitrogen and oxygen atoms in total. The Morgan fingerprint density at radius 2 is 1.60 bits per heavy atom. The first-order chi connectivity index (χ1) is 9.48. The summed E-state index contributed by atoms with van der Waals surface area (Å²) in [5.74, 6) is -2.09. The highest BCUT2D eigenvalue weighted by atomic mass is 16.4. The van der Waals surface area contributed by atoms with Gasteiger partial charge in [-0.05, 0) is 32.1 Å². The molecule has 0 unspecified atom stereocenters. The van der Waals surface area contributed by atoms with E-state index in [2.05, 4.69) is 13.8 Å². The Morgan fingerprint density at radius 1 is 1.05 bits per heavy atom. The van der Waals surface area contributed by atoms with Crippen LogP contribution in [-0.4, -0.2) is 22.2 Å². The van der Waals surface area contributed by atoms with Crippen molar-refractivity contribution in [1.82, 2.24) is 0 Å². The van der Waals surface area contributed by atoms with Crippen LogP contribution < -0.4 is 0 Å². The summed E-state index contributed by atoms with van der Waals surface area (Å²) in [6.45, 7) is 4.16. The van der Waals surface area contributed by atoms with Gasteiger partial charge >= 0.3 is 11.9 Å². The van der Waals surface area contributed by atoms with Crippen LogP contribution in [0.4, 0.5) is 0 Å². The molecule has 1 aliphatic rings. The normalized spacial score (nSPS) is 18.1. The summed E-state index contributed by atoms with van der Waals surface area (Å²) >= 11 is 0. The van der Waals surface area contributed by atoms with Crippen molar-refractivity contribution in [3.05, 3.63) is 11.1 Å². The van der Waals surface area contributed by atoms with Gasteiger partial charge in [0.15, 0.2) is 0 Å². The highest BCUT2D eigenvalue weighted by Gasteiger charge is 2.42. The molecule has 0 atom stereocenters. The number of hydrogen-bond acceptors (Lipinski definition) is 2. The van der Waals surface area contributed by atoms with E-state index in [1.54, 1.807) is 0 Å². The number of aliphatic carboxylic acids is 2. The molecule has 0 amide bonds. The predicted octanol–water partition coefficient (Wildman–Crippen LogP) is 4.00. The molecule has 0 aromatic heterocycles. The monoisotopic (exact) mass is 282 g/mol. The molecule has 4 heteroatoms. The minimum atomic E-state index is -1.06. The predicted molar refractivity (Wildman–Crippen MR) is 77.6 cm³/mol. The van der Waals surface area contributed by atoms with E-state index in [0.717, 1.165) is 51.4 Å². The molecular formula is C16H26O4. The molecule has 0 saturated carbocycles. The summed E-state index contributed by atoms with van der Waals surface area (Å²) in [5.41, 5.74) is -0.0989. The first-order valence-electron chi connectivity index (χ1n) is 7.68. The van der Waals surface area contributed by atoms with Crippen LogP contribution in [-0.2, 0) is 9.59 Å². The van der Waals surface area contributed by atoms with Crippen LogP contribution in [0.2, 0.25) is 0 Å². The van der Waals surface area contributed by atoms with E-state index < -0.39 is 17.4 Å². The Morgan fingerprint density at radius 3 is 2.00 bits per heavy atom. The van der Waals surface area contributed by atoms with Gasteiger partial charge < -0.3 is 10.2 Å². The third kappa shape index (κ3) is 3.62. The fourth-order valence-electron chi connectivity index (χ4n) is 3.40. The second kappa shape index (κ2) is 7.46. The average molecular weight is 282 g/mol. The lowest BCUT2D eigenvalue weighted by Crippen LogP contribution is -2.34. The topological polar surface area (TPSA) is 74.6 Å². The molecule has 20 heavy (non-hydrogen) atoms. The maximum atomic E-state index is 11.7. The van der Waals surface area contributed by atoms with Gasteiger partial charge in [-0.3, -0.25) is 0 Å². The SMILES string of the molecule is CCCCC1(CCCC)CCCC(C(=O)O)=C1C(=O)O. The zero-order chi connectivity index (χ0) is 15.2. The first kappa shape index (κ1) is 16.7. The van der Waals surface area contributed by atoms with Gasteiger partial charge in [0, 0.05) is 11.0 Å². The summed E-state index contributed by atoms with van der Waals surface area (Å²) in [4.78, 5) is 23.1. The van der Waals surface area contributed by atoms with Gasteiger partial charge in [-0.25, -0.2) is 9.59 Å². The van der Waals surface area contributed by atoms with Crippen molar-refractivity contribution in [3.63, 3.8) is 0 Å². The fraction of sp³-hybridized carbons (Fsp3) is 0.750. The molecule has 0 spiro atoms. The lowest BCUT2D eigenvalue weighted by atomic mass is 9.64. The lowest BCUT2D eigenvalue weighted by Gasteiger charge is -2.39. The quantitative estimate of drug-likeness (QED) is 0.705. The van der Waals surface area contributed by atoms with Crippen LogP contribution in [0, 0.1) is 5.41 Å². The minimum absolute atomic E-state index is 0.135. The van der Waals surface area contributed by atoms with Gasteiger partial charge in [0.25, 0.3) is 0 Å². The van der Waals surface area contributed by atoms with Gasteiger partial charge in [0.1, 0.15) is 0 Å². The zero-order valence-corrected chi connectivity index (χ0v) is 12.6. The molecule has 0 saturated heterocycles. The maximum Gasteiger partial charge on any atom is 0.332 e. The van der Waals surface area contributed by atoms with Crippen LogP contribution >= 0.6 is 0 Å². The van der Waals surface area contributed by atoms with E-state index in [-0.39, 0.29) is 11.1 Å². The molecule has 0 heterocycles. The molecule has 1 aliphatic carbocycles.